The number of hydrogen-bond donors (Lipinski definition) is 2. The van der Waals surface area contributed by atoms with Gasteiger partial charge in [0.2, 0.25) is 0 Å². The lowest BCUT2D eigenvalue weighted by molar-refractivity contribution is -0.139. The molecule has 0 radical (unpaired) electrons. The molecule has 0 fully saturated rings. The van der Waals surface area contributed by atoms with Gasteiger partial charge >= 0.3 is 12.1 Å². The molecule has 2 N–H and O–H groups in total. The van der Waals surface area contributed by atoms with Crippen molar-refractivity contribution in [2.24, 2.45) is 0 Å². The first-order valence-electron chi connectivity index (χ1n) is 11.4. The number of alkyl carbamates (subject to hydrolysis) is 1. The number of carbonyl (C=O) groups is 2. The highest BCUT2D eigenvalue weighted by molar-refractivity contribution is 5.81. The number of aliphatic carboxylic acids is 1. The van der Waals surface area contributed by atoms with Crippen LogP contribution in [-0.2, 0) is 16.0 Å². The summed E-state index contributed by atoms with van der Waals surface area (Å²) in [5.74, 6) is -0.359. The Bertz CT molecular complexity index is 1160. The number of amides is 1. The maximum atomic E-state index is 12.6. The summed E-state index contributed by atoms with van der Waals surface area (Å²) in [4.78, 5) is 24.6. The zero-order chi connectivity index (χ0) is 24.2. The molecule has 3 aromatic carbocycles. The Hall–Kier alpha value is -3.80. The number of carboxylic acids is 1. The zero-order valence-corrected chi connectivity index (χ0v) is 19.6. The van der Waals surface area contributed by atoms with Gasteiger partial charge < -0.3 is 19.9 Å². The number of ether oxygens (including phenoxy) is 2. The van der Waals surface area contributed by atoms with Crippen molar-refractivity contribution in [2.75, 3.05) is 13.7 Å². The van der Waals surface area contributed by atoms with Crippen LogP contribution in [0.5, 0.6) is 5.75 Å². The van der Waals surface area contributed by atoms with E-state index in [0.29, 0.717) is 5.75 Å². The van der Waals surface area contributed by atoms with Crippen LogP contribution < -0.4 is 10.1 Å². The average molecular weight is 460 g/mol. The van der Waals surface area contributed by atoms with Crippen LogP contribution in [0.3, 0.4) is 0 Å². The average Bonchev–Trinajstić information content (AvgIpc) is 3.16. The summed E-state index contributed by atoms with van der Waals surface area (Å²) in [6.07, 6.45) is -0.670. The smallest absolute Gasteiger partial charge is 0.407 e. The van der Waals surface area contributed by atoms with Crippen LogP contribution in [0, 0.1) is 0 Å². The van der Waals surface area contributed by atoms with Crippen molar-refractivity contribution in [1.29, 1.82) is 0 Å². The summed E-state index contributed by atoms with van der Waals surface area (Å²) in [7, 11) is 1.54. The van der Waals surface area contributed by atoms with Crippen LogP contribution in [0.2, 0.25) is 0 Å². The lowest BCUT2D eigenvalue weighted by Gasteiger charge is -2.19. The normalized spacial score (nSPS) is 13.2. The molecular weight excluding hydrogens is 430 g/mol. The highest BCUT2D eigenvalue weighted by Gasteiger charge is 2.30. The van der Waals surface area contributed by atoms with Crippen LogP contribution in [0.1, 0.15) is 47.9 Å². The number of rotatable bonds is 8. The van der Waals surface area contributed by atoms with Gasteiger partial charge in [0.25, 0.3) is 0 Å². The Morgan fingerprint density at radius 1 is 0.971 bits per heavy atom. The molecule has 1 unspecified atom stereocenters. The minimum Gasteiger partial charge on any atom is -0.496 e. The minimum absolute atomic E-state index is 0.0866. The Morgan fingerprint density at radius 2 is 1.59 bits per heavy atom. The number of hydrogen-bond acceptors (Lipinski definition) is 4. The van der Waals surface area contributed by atoms with Crippen molar-refractivity contribution in [2.45, 2.75) is 38.1 Å². The fraction of sp³-hybridized carbons (Fsp3) is 0.286. The molecule has 0 aromatic heterocycles. The molecule has 0 heterocycles. The Labute approximate surface area is 199 Å². The third-order valence-corrected chi connectivity index (χ3v) is 6.33. The molecule has 4 rings (SSSR count). The molecule has 6 heteroatoms. The number of nitrogens with one attached hydrogen (secondary N) is 1. The predicted octanol–water partition coefficient (Wildman–Crippen LogP) is 5.35. The molecule has 3 aromatic rings. The molecule has 1 amide bonds. The van der Waals surface area contributed by atoms with E-state index >= 15 is 0 Å². The van der Waals surface area contributed by atoms with Crippen molar-refractivity contribution in [3.8, 4) is 16.9 Å². The van der Waals surface area contributed by atoms with Gasteiger partial charge in [-0.3, -0.25) is 0 Å². The standard InChI is InChI=1S/C28H29NO5/c1-17(2)18-12-13-26(33-3)19(14-18)15-25(27(30)31)29-28(32)34-16-24-22-10-6-4-8-20(22)21-9-5-7-11-23(21)24/h4-14,17,24-25H,15-16H2,1-3H3,(H,29,32)(H,30,31). The van der Waals surface area contributed by atoms with Crippen LogP contribution in [0.4, 0.5) is 4.79 Å². The van der Waals surface area contributed by atoms with Gasteiger partial charge in [-0.25, -0.2) is 9.59 Å². The molecule has 1 aliphatic rings. The van der Waals surface area contributed by atoms with Crippen LogP contribution in [0.25, 0.3) is 11.1 Å². The second-order valence-electron chi connectivity index (χ2n) is 8.79. The monoisotopic (exact) mass is 459 g/mol. The third kappa shape index (κ3) is 4.76. The van der Waals surface area contributed by atoms with Crippen LogP contribution >= 0.6 is 0 Å². The fourth-order valence-electron chi connectivity index (χ4n) is 4.52. The van der Waals surface area contributed by atoms with Gasteiger partial charge in [-0.2, -0.15) is 0 Å². The molecule has 1 atom stereocenters. The van der Waals surface area contributed by atoms with E-state index < -0.39 is 18.1 Å². The first-order chi connectivity index (χ1) is 16.4. The lowest BCUT2D eigenvalue weighted by Crippen LogP contribution is -2.43. The Balaban J connectivity index is 1.46. The molecule has 6 nitrogen and oxygen atoms in total. The SMILES string of the molecule is COc1ccc(C(C)C)cc1CC(NC(=O)OCC1c2ccccc2-c2ccccc21)C(=O)O. The van der Waals surface area contributed by atoms with Gasteiger partial charge in [-0.1, -0.05) is 74.5 Å². The van der Waals surface area contributed by atoms with Crippen LogP contribution in [0.15, 0.2) is 66.7 Å². The first kappa shape index (κ1) is 23.4. The summed E-state index contributed by atoms with van der Waals surface area (Å²) >= 11 is 0. The van der Waals surface area contributed by atoms with Crippen molar-refractivity contribution in [3.05, 3.63) is 89.0 Å². The molecule has 1 aliphatic carbocycles. The van der Waals surface area contributed by atoms with Gasteiger partial charge in [0.15, 0.2) is 0 Å². The second kappa shape index (κ2) is 10.00. The van der Waals surface area contributed by atoms with E-state index in [4.69, 9.17) is 9.47 Å². The van der Waals surface area contributed by atoms with E-state index in [1.54, 1.807) is 7.11 Å². The van der Waals surface area contributed by atoms with E-state index in [2.05, 4.69) is 31.3 Å². The summed E-state index contributed by atoms with van der Waals surface area (Å²) in [6, 6.07) is 20.7. The maximum Gasteiger partial charge on any atom is 0.407 e. The highest BCUT2D eigenvalue weighted by atomic mass is 16.5. The van der Waals surface area contributed by atoms with E-state index in [1.165, 1.54) is 0 Å². The van der Waals surface area contributed by atoms with E-state index in [1.807, 2.05) is 54.6 Å². The predicted molar refractivity (Wildman–Crippen MR) is 130 cm³/mol. The second-order valence-corrected chi connectivity index (χ2v) is 8.79. The molecule has 0 saturated carbocycles. The van der Waals surface area contributed by atoms with Gasteiger partial charge in [-0.05, 0) is 45.4 Å². The van der Waals surface area contributed by atoms with Crippen molar-refractivity contribution >= 4 is 12.1 Å². The number of fused-ring (bicyclic) bond motifs is 3. The summed E-state index contributed by atoms with van der Waals surface area (Å²) < 4.78 is 10.9. The molecule has 34 heavy (non-hydrogen) atoms. The highest BCUT2D eigenvalue weighted by Crippen LogP contribution is 2.44. The minimum atomic E-state index is -1.15. The number of methoxy groups -OCH3 is 1. The van der Waals surface area contributed by atoms with Crippen molar-refractivity contribution in [3.63, 3.8) is 0 Å². The maximum absolute atomic E-state index is 12.6. The van der Waals surface area contributed by atoms with Crippen molar-refractivity contribution < 1.29 is 24.2 Å². The first-order valence-corrected chi connectivity index (χ1v) is 11.4. The fourth-order valence-corrected chi connectivity index (χ4v) is 4.52. The molecule has 0 bridgehead atoms. The largest absolute Gasteiger partial charge is 0.496 e. The van der Waals surface area contributed by atoms with Crippen molar-refractivity contribution in [1.82, 2.24) is 5.32 Å². The van der Waals surface area contributed by atoms with Gasteiger partial charge in [0.05, 0.1) is 7.11 Å². The number of carboxylic acid groups (broad SMARTS) is 1. The lowest BCUT2D eigenvalue weighted by atomic mass is 9.97. The van der Waals surface area contributed by atoms with E-state index in [9.17, 15) is 14.7 Å². The third-order valence-electron chi connectivity index (χ3n) is 6.33. The summed E-state index contributed by atoms with van der Waals surface area (Å²) in [5.41, 5.74) is 6.25. The van der Waals surface area contributed by atoms with Gasteiger partial charge in [0, 0.05) is 12.3 Å². The van der Waals surface area contributed by atoms with Gasteiger partial charge in [0.1, 0.15) is 18.4 Å². The van der Waals surface area contributed by atoms with E-state index in [-0.39, 0.29) is 24.9 Å². The van der Waals surface area contributed by atoms with E-state index in [0.717, 1.165) is 33.4 Å². The number of carbonyl (C=O) groups excluding carboxylic acids is 1. The molecule has 0 spiro atoms. The quantitative estimate of drug-likeness (QED) is 0.474. The van der Waals surface area contributed by atoms with Crippen LogP contribution in [-0.4, -0.2) is 36.9 Å². The number of benzene rings is 3. The molecule has 0 aliphatic heterocycles. The molecule has 0 saturated heterocycles. The Kier molecular flexibility index (Phi) is 6.87. The molecular formula is C28H29NO5. The Morgan fingerprint density at radius 3 is 2.15 bits per heavy atom. The topological polar surface area (TPSA) is 84.9 Å². The summed E-state index contributed by atoms with van der Waals surface area (Å²) in [6.45, 7) is 4.25. The molecule has 176 valence electrons. The summed E-state index contributed by atoms with van der Waals surface area (Å²) in [5, 5.41) is 12.3. The zero-order valence-electron chi connectivity index (χ0n) is 19.6. The van der Waals surface area contributed by atoms with Gasteiger partial charge in [-0.15, -0.1) is 0 Å².